The highest BCUT2D eigenvalue weighted by Crippen LogP contribution is 2.31. The monoisotopic (exact) mass is 267 g/mol. The zero-order chi connectivity index (χ0) is 12.4. The van der Waals surface area contributed by atoms with Gasteiger partial charge in [0.05, 0.1) is 10.0 Å². The summed E-state index contributed by atoms with van der Waals surface area (Å²) in [5.41, 5.74) is 7.35. The van der Waals surface area contributed by atoms with Crippen LogP contribution in [0.2, 0.25) is 10.0 Å². The predicted octanol–water partition coefficient (Wildman–Crippen LogP) is 4.68. The highest BCUT2D eigenvalue weighted by atomic mass is 35.5. The Morgan fingerprint density at radius 2 is 1.76 bits per heavy atom. The first kappa shape index (κ1) is 12.1. The summed E-state index contributed by atoms with van der Waals surface area (Å²) in [5, 5.41) is 0.977. The van der Waals surface area contributed by atoms with Crippen LogP contribution in [-0.2, 0) is 0 Å². The van der Waals surface area contributed by atoms with Crippen molar-refractivity contribution in [2.45, 2.75) is 6.92 Å². The summed E-state index contributed by atoms with van der Waals surface area (Å²) < 4.78 is 5.70. The zero-order valence-corrected chi connectivity index (χ0v) is 10.7. The minimum atomic E-state index is 0.470. The predicted molar refractivity (Wildman–Crippen MR) is 72.1 cm³/mol. The summed E-state index contributed by atoms with van der Waals surface area (Å²) in [6.45, 7) is 1.93. The van der Waals surface area contributed by atoms with Crippen LogP contribution in [-0.4, -0.2) is 0 Å². The fourth-order valence-electron chi connectivity index (χ4n) is 1.45. The largest absolute Gasteiger partial charge is 0.457 e. The van der Waals surface area contributed by atoms with Crippen molar-refractivity contribution >= 4 is 28.9 Å². The molecule has 0 fully saturated rings. The summed E-state index contributed by atoms with van der Waals surface area (Å²) in [4.78, 5) is 0. The molecule has 0 heterocycles. The number of hydrogen-bond acceptors (Lipinski definition) is 2. The topological polar surface area (TPSA) is 35.2 Å². The van der Waals surface area contributed by atoms with Crippen LogP contribution >= 0.6 is 23.2 Å². The molecule has 0 saturated heterocycles. The molecule has 2 rings (SSSR count). The van der Waals surface area contributed by atoms with Gasteiger partial charge in [0.2, 0.25) is 0 Å². The number of aryl methyl sites for hydroxylation is 1. The fraction of sp³-hybridized carbons (Fsp3) is 0.0769. The Hall–Kier alpha value is -1.38. The third kappa shape index (κ3) is 2.84. The van der Waals surface area contributed by atoms with E-state index in [0.717, 1.165) is 11.3 Å². The molecule has 0 unspecified atom stereocenters. The fourth-order valence-corrected chi connectivity index (χ4v) is 1.74. The van der Waals surface area contributed by atoms with Gasteiger partial charge in [-0.15, -0.1) is 0 Å². The second-order valence-electron chi connectivity index (χ2n) is 3.70. The molecule has 0 bridgehead atoms. The number of nitrogen functional groups attached to an aromatic ring is 1. The highest BCUT2D eigenvalue weighted by molar-refractivity contribution is 6.42. The Morgan fingerprint density at radius 1 is 1.00 bits per heavy atom. The molecular formula is C13H11Cl2NO. The lowest BCUT2D eigenvalue weighted by atomic mass is 10.2. The SMILES string of the molecule is Cc1cc(N)ccc1Oc1ccc(Cl)c(Cl)c1. The van der Waals surface area contributed by atoms with E-state index in [0.29, 0.717) is 21.5 Å². The van der Waals surface area contributed by atoms with Crippen molar-refractivity contribution in [2.24, 2.45) is 0 Å². The van der Waals surface area contributed by atoms with E-state index in [1.165, 1.54) is 0 Å². The number of anilines is 1. The van der Waals surface area contributed by atoms with E-state index in [2.05, 4.69) is 0 Å². The molecule has 2 aromatic carbocycles. The number of benzene rings is 2. The molecule has 2 aromatic rings. The van der Waals surface area contributed by atoms with Crippen LogP contribution < -0.4 is 10.5 Å². The van der Waals surface area contributed by atoms with E-state index in [1.807, 2.05) is 19.1 Å². The van der Waals surface area contributed by atoms with Crippen LogP contribution in [0.1, 0.15) is 5.56 Å². The quantitative estimate of drug-likeness (QED) is 0.803. The van der Waals surface area contributed by atoms with Crippen LogP contribution in [0.5, 0.6) is 11.5 Å². The van der Waals surface area contributed by atoms with Gasteiger partial charge < -0.3 is 10.5 Å². The summed E-state index contributed by atoms with van der Waals surface area (Å²) in [6.07, 6.45) is 0. The van der Waals surface area contributed by atoms with Crippen molar-refractivity contribution in [3.8, 4) is 11.5 Å². The van der Waals surface area contributed by atoms with Gasteiger partial charge in [-0.05, 0) is 42.8 Å². The Bertz CT molecular complexity index is 555. The van der Waals surface area contributed by atoms with Gasteiger partial charge in [-0.2, -0.15) is 0 Å². The second kappa shape index (κ2) is 4.86. The third-order valence-corrected chi connectivity index (χ3v) is 3.06. The Labute approximate surface area is 110 Å². The van der Waals surface area contributed by atoms with Crippen molar-refractivity contribution in [3.05, 3.63) is 52.0 Å². The lowest BCUT2D eigenvalue weighted by molar-refractivity contribution is 0.479. The van der Waals surface area contributed by atoms with Crippen LogP contribution in [0.15, 0.2) is 36.4 Å². The molecule has 0 aliphatic rings. The van der Waals surface area contributed by atoms with Gasteiger partial charge in [-0.25, -0.2) is 0 Å². The Kier molecular flexibility index (Phi) is 3.46. The number of nitrogens with two attached hydrogens (primary N) is 1. The number of halogens is 2. The molecule has 0 spiro atoms. The molecule has 88 valence electrons. The third-order valence-electron chi connectivity index (χ3n) is 2.32. The summed E-state index contributed by atoms with van der Waals surface area (Å²) >= 11 is 11.7. The minimum absolute atomic E-state index is 0.470. The number of rotatable bonds is 2. The maximum absolute atomic E-state index is 5.91. The lowest BCUT2D eigenvalue weighted by Gasteiger charge is -2.09. The van der Waals surface area contributed by atoms with Crippen molar-refractivity contribution in [3.63, 3.8) is 0 Å². The Morgan fingerprint density at radius 3 is 2.41 bits per heavy atom. The maximum atomic E-state index is 5.91. The molecule has 0 aromatic heterocycles. The average Bonchev–Trinajstić information content (AvgIpc) is 2.27. The molecule has 2 nitrogen and oxygen atoms in total. The van der Waals surface area contributed by atoms with E-state index in [4.69, 9.17) is 33.7 Å². The first-order chi connectivity index (χ1) is 8.06. The smallest absolute Gasteiger partial charge is 0.130 e. The van der Waals surface area contributed by atoms with Gasteiger partial charge in [0, 0.05) is 11.8 Å². The van der Waals surface area contributed by atoms with Gasteiger partial charge in [-0.3, -0.25) is 0 Å². The molecule has 2 N–H and O–H groups in total. The molecule has 0 saturated carbocycles. The second-order valence-corrected chi connectivity index (χ2v) is 4.52. The molecule has 0 atom stereocenters. The van der Waals surface area contributed by atoms with E-state index in [-0.39, 0.29) is 0 Å². The summed E-state index contributed by atoms with van der Waals surface area (Å²) in [5.74, 6) is 1.39. The van der Waals surface area contributed by atoms with Crippen molar-refractivity contribution in [2.75, 3.05) is 5.73 Å². The standard InChI is InChI=1S/C13H11Cl2NO/c1-8-6-9(16)2-5-13(8)17-10-3-4-11(14)12(15)7-10/h2-7H,16H2,1H3. The van der Waals surface area contributed by atoms with Crippen molar-refractivity contribution in [1.82, 2.24) is 0 Å². The van der Waals surface area contributed by atoms with Gasteiger partial charge in [-0.1, -0.05) is 23.2 Å². The van der Waals surface area contributed by atoms with E-state index >= 15 is 0 Å². The maximum Gasteiger partial charge on any atom is 0.130 e. The van der Waals surface area contributed by atoms with Crippen LogP contribution in [0.4, 0.5) is 5.69 Å². The highest BCUT2D eigenvalue weighted by Gasteiger charge is 2.04. The average molecular weight is 268 g/mol. The van der Waals surface area contributed by atoms with Crippen molar-refractivity contribution in [1.29, 1.82) is 0 Å². The van der Waals surface area contributed by atoms with E-state index < -0.39 is 0 Å². The van der Waals surface area contributed by atoms with E-state index in [1.54, 1.807) is 24.3 Å². The van der Waals surface area contributed by atoms with Gasteiger partial charge in [0.15, 0.2) is 0 Å². The molecule has 0 aliphatic heterocycles. The minimum Gasteiger partial charge on any atom is -0.457 e. The molecule has 0 amide bonds. The normalized spacial score (nSPS) is 10.3. The van der Waals surface area contributed by atoms with Crippen LogP contribution in [0.3, 0.4) is 0 Å². The molecule has 4 heteroatoms. The van der Waals surface area contributed by atoms with Gasteiger partial charge in [0.1, 0.15) is 11.5 Å². The molecule has 0 aliphatic carbocycles. The summed E-state index contributed by atoms with van der Waals surface area (Å²) in [7, 11) is 0. The first-order valence-corrected chi connectivity index (χ1v) is 5.81. The van der Waals surface area contributed by atoms with Gasteiger partial charge >= 0.3 is 0 Å². The van der Waals surface area contributed by atoms with Crippen LogP contribution in [0.25, 0.3) is 0 Å². The van der Waals surface area contributed by atoms with E-state index in [9.17, 15) is 0 Å². The number of ether oxygens (including phenoxy) is 1. The lowest BCUT2D eigenvalue weighted by Crippen LogP contribution is -1.90. The van der Waals surface area contributed by atoms with Crippen molar-refractivity contribution < 1.29 is 4.74 Å². The van der Waals surface area contributed by atoms with Gasteiger partial charge in [0.25, 0.3) is 0 Å². The molecule has 17 heavy (non-hydrogen) atoms. The zero-order valence-electron chi connectivity index (χ0n) is 9.21. The summed E-state index contributed by atoms with van der Waals surface area (Å²) in [6, 6.07) is 10.6. The molecular weight excluding hydrogens is 257 g/mol. The van der Waals surface area contributed by atoms with Crippen LogP contribution in [0, 0.1) is 6.92 Å². The molecule has 0 radical (unpaired) electrons. The number of hydrogen-bond donors (Lipinski definition) is 1. The first-order valence-electron chi connectivity index (χ1n) is 5.05. The Balaban J connectivity index is 2.28.